The van der Waals surface area contributed by atoms with Crippen molar-refractivity contribution in [3.8, 4) is 11.5 Å². The summed E-state index contributed by atoms with van der Waals surface area (Å²) in [6.07, 6.45) is -0.912. The Hall–Kier alpha value is -3.35. The van der Waals surface area contributed by atoms with Crippen LogP contribution in [0.2, 0.25) is 0 Å². The maximum Gasteiger partial charge on any atom is 0.312 e. The monoisotopic (exact) mass is 397 g/mol. The molecule has 0 bridgehead atoms. The Morgan fingerprint density at radius 2 is 1.79 bits per heavy atom. The van der Waals surface area contributed by atoms with E-state index >= 15 is 0 Å². The number of amides is 1. The number of hydrogen-bond acceptors (Lipinski definition) is 6. The molecule has 2 atom stereocenters. The number of carbonyl (C=O) groups is 3. The fraction of sp³-hybridized carbons (Fsp3) is 0.318. The van der Waals surface area contributed by atoms with Crippen molar-refractivity contribution in [2.45, 2.75) is 19.4 Å². The van der Waals surface area contributed by atoms with Crippen molar-refractivity contribution >= 4 is 23.3 Å². The van der Waals surface area contributed by atoms with Gasteiger partial charge in [0.05, 0.1) is 25.8 Å². The van der Waals surface area contributed by atoms with Gasteiger partial charge in [-0.3, -0.25) is 14.4 Å². The Labute approximate surface area is 169 Å². The number of hydrogen-bond donors (Lipinski definition) is 0. The first-order valence-corrected chi connectivity index (χ1v) is 9.26. The van der Waals surface area contributed by atoms with Crippen molar-refractivity contribution in [3.05, 3.63) is 54.1 Å². The van der Waals surface area contributed by atoms with E-state index in [4.69, 9.17) is 14.2 Å². The van der Waals surface area contributed by atoms with E-state index < -0.39 is 18.0 Å². The van der Waals surface area contributed by atoms with E-state index in [2.05, 4.69) is 0 Å². The lowest BCUT2D eigenvalue weighted by Gasteiger charge is -2.20. The van der Waals surface area contributed by atoms with Crippen LogP contribution in [0.3, 0.4) is 0 Å². The van der Waals surface area contributed by atoms with Gasteiger partial charge in [-0.25, -0.2) is 0 Å². The lowest BCUT2D eigenvalue weighted by Crippen LogP contribution is -2.30. The molecule has 7 nitrogen and oxygen atoms in total. The van der Waals surface area contributed by atoms with Crippen molar-refractivity contribution < 1.29 is 28.6 Å². The van der Waals surface area contributed by atoms with Gasteiger partial charge in [0.25, 0.3) is 0 Å². The minimum atomic E-state index is -0.926. The summed E-state index contributed by atoms with van der Waals surface area (Å²) in [7, 11) is 3.04. The zero-order chi connectivity index (χ0) is 21.0. The van der Waals surface area contributed by atoms with Gasteiger partial charge in [-0.15, -0.1) is 0 Å². The normalized spacial score (nSPS) is 17.0. The van der Waals surface area contributed by atoms with Crippen LogP contribution in [0.1, 0.15) is 23.7 Å². The third-order valence-corrected chi connectivity index (χ3v) is 4.86. The topological polar surface area (TPSA) is 82.1 Å². The van der Waals surface area contributed by atoms with Crippen LogP contribution in [0.15, 0.2) is 48.5 Å². The number of rotatable bonds is 7. The number of methoxy groups -OCH3 is 2. The molecule has 1 aliphatic heterocycles. The molecule has 0 radical (unpaired) electrons. The second-order valence-corrected chi connectivity index (χ2v) is 6.75. The second-order valence-electron chi connectivity index (χ2n) is 6.75. The molecule has 29 heavy (non-hydrogen) atoms. The molecule has 0 saturated carbocycles. The van der Waals surface area contributed by atoms with Crippen molar-refractivity contribution in [2.75, 3.05) is 25.7 Å². The number of benzene rings is 2. The van der Waals surface area contributed by atoms with Crippen molar-refractivity contribution in [2.24, 2.45) is 5.92 Å². The first-order chi connectivity index (χ1) is 13.9. The average molecular weight is 397 g/mol. The second kappa shape index (κ2) is 8.77. The number of Topliss-reactive ketones (excluding diaryl/α,β-unsaturated/α-hetero) is 1. The van der Waals surface area contributed by atoms with Gasteiger partial charge < -0.3 is 19.1 Å². The summed E-state index contributed by atoms with van der Waals surface area (Å²) in [4.78, 5) is 39.0. The average Bonchev–Trinajstić information content (AvgIpc) is 3.14. The van der Waals surface area contributed by atoms with Gasteiger partial charge in [0.1, 0.15) is 11.5 Å². The molecule has 2 aromatic carbocycles. The summed E-state index contributed by atoms with van der Waals surface area (Å²) >= 11 is 0. The van der Waals surface area contributed by atoms with Crippen molar-refractivity contribution in [3.63, 3.8) is 0 Å². The molecule has 2 aromatic rings. The molecule has 0 spiro atoms. The minimum absolute atomic E-state index is 0.0142. The number of ketones is 1. The van der Waals surface area contributed by atoms with E-state index in [0.29, 0.717) is 22.7 Å². The van der Waals surface area contributed by atoms with Crippen LogP contribution < -0.4 is 14.4 Å². The van der Waals surface area contributed by atoms with Crippen LogP contribution in [0.4, 0.5) is 5.69 Å². The van der Waals surface area contributed by atoms with Crippen LogP contribution in [0.25, 0.3) is 0 Å². The molecular weight excluding hydrogens is 374 g/mol. The first-order valence-electron chi connectivity index (χ1n) is 9.26. The number of anilines is 1. The van der Waals surface area contributed by atoms with E-state index in [-0.39, 0.29) is 24.7 Å². The summed E-state index contributed by atoms with van der Waals surface area (Å²) in [5, 5.41) is 0. The lowest BCUT2D eigenvalue weighted by molar-refractivity contribution is -0.151. The van der Waals surface area contributed by atoms with E-state index in [1.54, 1.807) is 55.6 Å². The van der Waals surface area contributed by atoms with E-state index in [1.165, 1.54) is 18.9 Å². The molecule has 0 unspecified atom stereocenters. The molecule has 3 rings (SSSR count). The zero-order valence-corrected chi connectivity index (χ0v) is 16.6. The fourth-order valence-corrected chi connectivity index (χ4v) is 3.27. The molecule has 152 valence electrons. The molecular formula is C22H23NO6. The molecule has 0 N–H and O–H groups in total. The Kier molecular flexibility index (Phi) is 6.16. The van der Waals surface area contributed by atoms with Gasteiger partial charge in [0.15, 0.2) is 6.10 Å². The van der Waals surface area contributed by atoms with Crippen LogP contribution in [-0.2, 0) is 14.3 Å². The molecule has 1 fully saturated rings. The fourth-order valence-electron chi connectivity index (χ4n) is 3.27. The summed E-state index contributed by atoms with van der Waals surface area (Å²) < 4.78 is 15.9. The van der Waals surface area contributed by atoms with Crippen LogP contribution >= 0.6 is 0 Å². The van der Waals surface area contributed by atoms with Gasteiger partial charge >= 0.3 is 5.97 Å². The predicted molar refractivity (Wildman–Crippen MR) is 106 cm³/mol. The lowest BCUT2D eigenvalue weighted by atomic mass is 10.1. The quantitative estimate of drug-likeness (QED) is 0.528. The Balaban J connectivity index is 1.68. The van der Waals surface area contributed by atoms with Gasteiger partial charge in [-0.2, -0.15) is 0 Å². The highest BCUT2D eigenvalue weighted by Crippen LogP contribution is 2.36. The van der Waals surface area contributed by atoms with Crippen LogP contribution in [-0.4, -0.2) is 44.5 Å². The maximum absolute atomic E-state index is 12.6. The SMILES string of the molecule is COc1ccc(N2C[C@H](C(=O)O[C@H](C)C(=O)c3ccccc3)CC2=O)c(OC)c1. The molecule has 1 heterocycles. The zero-order valence-electron chi connectivity index (χ0n) is 16.6. The third-order valence-electron chi connectivity index (χ3n) is 4.86. The van der Waals surface area contributed by atoms with E-state index in [0.717, 1.165) is 0 Å². The Morgan fingerprint density at radius 1 is 1.07 bits per heavy atom. The van der Waals surface area contributed by atoms with Gasteiger partial charge in [0, 0.05) is 24.6 Å². The highest BCUT2D eigenvalue weighted by molar-refractivity contribution is 6.02. The molecule has 0 aliphatic carbocycles. The summed E-state index contributed by atoms with van der Waals surface area (Å²) in [5.41, 5.74) is 1.03. The van der Waals surface area contributed by atoms with Crippen LogP contribution in [0.5, 0.6) is 11.5 Å². The predicted octanol–water partition coefficient (Wildman–Crippen LogP) is 2.87. The number of ether oxygens (including phenoxy) is 3. The van der Waals surface area contributed by atoms with Crippen molar-refractivity contribution in [1.82, 2.24) is 0 Å². The minimum Gasteiger partial charge on any atom is -0.497 e. The number of carbonyl (C=O) groups excluding carboxylic acids is 3. The van der Waals surface area contributed by atoms with Gasteiger partial charge in [0.2, 0.25) is 11.7 Å². The first kappa shape index (κ1) is 20.4. The number of nitrogens with zero attached hydrogens (tertiary/aromatic N) is 1. The third kappa shape index (κ3) is 4.39. The van der Waals surface area contributed by atoms with Gasteiger partial charge in [-0.1, -0.05) is 30.3 Å². The van der Waals surface area contributed by atoms with Gasteiger partial charge in [-0.05, 0) is 19.1 Å². The largest absolute Gasteiger partial charge is 0.497 e. The van der Waals surface area contributed by atoms with E-state index in [1.807, 2.05) is 0 Å². The summed E-state index contributed by atoms with van der Waals surface area (Å²) in [6, 6.07) is 13.7. The molecule has 0 aromatic heterocycles. The molecule has 1 aliphatic rings. The molecule has 1 saturated heterocycles. The summed E-state index contributed by atoms with van der Waals surface area (Å²) in [5.74, 6) is -0.638. The van der Waals surface area contributed by atoms with E-state index in [9.17, 15) is 14.4 Å². The smallest absolute Gasteiger partial charge is 0.312 e. The van der Waals surface area contributed by atoms with Crippen molar-refractivity contribution in [1.29, 1.82) is 0 Å². The standard InChI is InChI=1S/C22H23NO6/c1-14(21(25)15-7-5-4-6-8-15)29-22(26)16-11-20(24)23(13-16)18-10-9-17(27-2)12-19(18)28-3/h4-10,12,14,16H,11,13H2,1-3H3/t14-,16-/m1/s1. The molecule has 7 heteroatoms. The Bertz CT molecular complexity index is 911. The molecule has 1 amide bonds. The highest BCUT2D eigenvalue weighted by Gasteiger charge is 2.38. The maximum atomic E-state index is 12.6. The number of esters is 1. The Morgan fingerprint density at radius 3 is 2.45 bits per heavy atom. The van der Waals surface area contributed by atoms with Crippen LogP contribution in [0, 0.1) is 5.92 Å². The summed E-state index contributed by atoms with van der Waals surface area (Å²) in [6.45, 7) is 1.70. The highest BCUT2D eigenvalue weighted by atomic mass is 16.5.